The molecule has 0 spiro atoms. The summed E-state index contributed by atoms with van der Waals surface area (Å²) < 4.78 is 0. The van der Waals surface area contributed by atoms with Crippen LogP contribution in [0.1, 0.15) is 36.9 Å². The van der Waals surface area contributed by atoms with Crippen molar-refractivity contribution in [1.82, 2.24) is 10.3 Å². The highest BCUT2D eigenvalue weighted by Gasteiger charge is 2.41. The highest BCUT2D eigenvalue weighted by molar-refractivity contribution is 7.09. The summed E-state index contributed by atoms with van der Waals surface area (Å²) in [5.74, 6) is -1.53. The van der Waals surface area contributed by atoms with Gasteiger partial charge in [0.25, 0.3) is 0 Å². The smallest absolute Gasteiger partial charge is 0.307 e. The third kappa shape index (κ3) is 4.03. The van der Waals surface area contributed by atoms with E-state index in [9.17, 15) is 14.7 Å². The lowest BCUT2D eigenvalue weighted by Gasteiger charge is -2.15. The minimum Gasteiger partial charge on any atom is -0.481 e. The van der Waals surface area contributed by atoms with E-state index in [1.165, 1.54) is 0 Å². The number of amides is 1. The van der Waals surface area contributed by atoms with Gasteiger partial charge >= 0.3 is 5.97 Å². The molecule has 2 N–H and O–H groups in total. The van der Waals surface area contributed by atoms with Crippen molar-refractivity contribution in [2.75, 3.05) is 6.54 Å². The number of nitrogens with zero attached hydrogens (tertiary/aromatic N) is 1. The van der Waals surface area contributed by atoms with Crippen LogP contribution in [0.4, 0.5) is 0 Å². The Morgan fingerprint density at radius 2 is 2.14 bits per heavy atom. The van der Waals surface area contributed by atoms with Gasteiger partial charge in [0.15, 0.2) is 0 Å². The molecule has 6 heteroatoms. The molecule has 1 fully saturated rings. The van der Waals surface area contributed by atoms with Gasteiger partial charge in [0, 0.05) is 18.3 Å². The highest BCUT2D eigenvalue weighted by atomic mass is 32.1. The van der Waals surface area contributed by atoms with Crippen LogP contribution in [-0.2, 0) is 16.0 Å². The standard InChI is InChI=1S/C15H22N2O3S/c1-3-10-6-12(13(7-10)15(19)20)14(18)16-5-4-11-8-21-9(2)17-11/h8,10,12-13H,3-7H2,1-2H3,(H,16,18)(H,19,20). The number of carbonyl (C=O) groups excluding carboxylic acids is 1. The molecule has 1 aromatic heterocycles. The largest absolute Gasteiger partial charge is 0.481 e. The predicted octanol–water partition coefficient (Wildman–Crippen LogP) is 2.25. The van der Waals surface area contributed by atoms with Gasteiger partial charge < -0.3 is 10.4 Å². The third-order valence-corrected chi connectivity index (χ3v) is 5.06. The zero-order valence-electron chi connectivity index (χ0n) is 12.5. The van der Waals surface area contributed by atoms with Crippen molar-refractivity contribution in [2.45, 2.75) is 39.5 Å². The Kier molecular flexibility index (Phi) is 5.33. The van der Waals surface area contributed by atoms with Crippen molar-refractivity contribution in [1.29, 1.82) is 0 Å². The van der Waals surface area contributed by atoms with Crippen LogP contribution in [0.15, 0.2) is 5.38 Å². The van der Waals surface area contributed by atoms with Crippen LogP contribution in [0.3, 0.4) is 0 Å². The van der Waals surface area contributed by atoms with Crippen LogP contribution in [0.5, 0.6) is 0 Å². The zero-order valence-corrected chi connectivity index (χ0v) is 13.3. The van der Waals surface area contributed by atoms with Crippen molar-refractivity contribution >= 4 is 23.2 Å². The molecule has 1 amide bonds. The average molecular weight is 310 g/mol. The van der Waals surface area contributed by atoms with Crippen LogP contribution < -0.4 is 5.32 Å². The van der Waals surface area contributed by atoms with Crippen LogP contribution in [-0.4, -0.2) is 28.5 Å². The van der Waals surface area contributed by atoms with Gasteiger partial charge in [-0.3, -0.25) is 9.59 Å². The number of carboxylic acid groups (broad SMARTS) is 1. The molecule has 1 saturated carbocycles. The number of aromatic nitrogens is 1. The van der Waals surface area contributed by atoms with E-state index in [-0.39, 0.29) is 11.8 Å². The monoisotopic (exact) mass is 310 g/mol. The summed E-state index contributed by atoms with van der Waals surface area (Å²) in [6.07, 6.45) is 2.94. The fourth-order valence-corrected chi connectivity index (χ4v) is 3.65. The van der Waals surface area contributed by atoms with E-state index in [4.69, 9.17) is 0 Å². The summed E-state index contributed by atoms with van der Waals surface area (Å²) >= 11 is 1.59. The number of thiazole rings is 1. The number of hydrogen-bond acceptors (Lipinski definition) is 4. The number of carboxylic acids is 1. The lowest BCUT2D eigenvalue weighted by atomic mass is 9.95. The Morgan fingerprint density at radius 1 is 1.43 bits per heavy atom. The summed E-state index contributed by atoms with van der Waals surface area (Å²) in [4.78, 5) is 27.9. The normalized spacial score (nSPS) is 25.0. The molecule has 0 saturated heterocycles. The summed E-state index contributed by atoms with van der Waals surface area (Å²) in [6.45, 7) is 4.52. The molecule has 3 unspecified atom stereocenters. The van der Waals surface area contributed by atoms with Gasteiger partial charge in [0.1, 0.15) is 0 Å². The van der Waals surface area contributed by atoms with E-state index in [1.54, 1.807) is 11.3 Å². The molecule has 1 aliphatic rings. The van der Waals surface area contributed by atoms with Crippen LogP contribution in [0, 0.1) is 24.7 Å². The summed E-state index contributed by atoms with van der Waals surface area (Å²) in [5.41, 5.74) is 0.977. The van der Waals surface area contributed by atoms with Crippen LogP contribution >= 0.6 is 11.3 Å². The maximum atomic E-state index is 12.2. The van der Waals surface area contributed by atoms with Crippen molar-refractivity contribution in [3.05, 3.63) is 16.1 Å². The van der Waals surface area contributed by atoms with Crippen LogP contribution in [0.25, 0.3) is 0 Å². The van der Waals surface area contributed by atoms with Crippen molar-refractivity contribution < 1.29 is 14.7 Å². The first-order valence-corrected chi connectivity index (χ1v) is 8.30. The van der Waals surface area contributed by atoms with Gasteiger partial charge in [-0.25, -0.2) is 4.98 Å². The fourth-order valence-electron chi connectivity index (χ4n) is 3.01. The molecule has 1 heterocycles. The van der Waals surface area contributed by atoms with Gasteiger partial charge in [0.2, 0.25) is 5.91 Å². The zero-order chi connectivity index (χ0) is 15.4. The lowest BCUT2D eigenvalue weighted by Crippen LogP contribution is -2.36. The average Bonchev–Trinajstić information content (AvgIpc) is 3.04. The van der Waals surface area contributed by atoms with E-state index < -0.39 is 11.9 Å². The molecule has 1 aromatic rings. The second-order valence-electron chi connectivity index (χ2n) is 5.70. The van der Waals surface area contributed by atoms with E-state index in [0.717, 1.165) is 17.1 Å². The second kappa shape index (κ2) is 7.02. The predicted molar refractivity (Wildman–Crippen MR) is 81.2 cm³/mol. The molecule has 5 nitrogen and oxygen atoms in total. The van der Waals surface area contributed by atoms with Crippen molar-refractivity contribution in [3.8, 4) is 0 Å². The molecule has 1 aliphatic carbocycles. The highest BCUT2D eigenvalue weighted by Crippen LogP contribution is 2.38. The first-order valence-electron chi connectivity index (χ1n) is 7.42. The van der Waals surface area contributed by atoms with E-state index >= 15 is 0 Å². The number of aryl methyl sites for hydroxylation is 1. The Labute approximate surface area is 128 Å². The lowest BCUT2D eigenvalue weighted by molar-refractivity contribution is -0.146. The third-order valence-electron chi connectivity index (χ3n) is 4.24. The molecule has 0 aromatic carbocycles. The molecule has 0 radical (unpaired) electrons. The Balaban J connectivity index is 1.85. The topological polar surface area (TPSA) is 79.3 Å². The Morgan fingerprint density at radius 3 is 2.71 bits per heavy atom. The minimum absolute atomic E-state index is 0.120. The van der Waals surface area contributed by atoms with Gasteiger partial charge in [-0.1, -0.05) is 13.3 Å². The number of nitrogens with one attached hydrogen (secondary N) is 1. The molecular weight excluding hydrogens is 288 g/mol. The van der Waals surface area contributed by atoms with Crippen molar-refractivity contribution in [2.24, 2.45) is 17.8 Å². The van der Waals surface area contributed by atoms with Gasteiger partial charge in [-0.2, -0.15) is 0 Å². The second-order valence-corrected chi connectivity index (χ2v) is 6.76. The first kappa shape index (κ1) is 15.9. The quantitative estimate of drug-likeness (QED) is 0.844. The molecule has 116 valence electrons. The van der Waals surface area contributed by atoms with E-state index in [2.05, 4.69) is 17.2 Å². The molecular formula is C15H22N2O3S. The summed E-state index contributed by atoms with van der Waals surface area (Å²) in [7, 11) is 0. The SMILES string of the molecule is CCC1CC(C(=O)O)C(C(=O)NCCc2csc(C)n2)C1. The summed E-state index contributed by atoms with van der Waals surface area (Å²) in [6, 6.07) is 0. The van der Waals surface area contributed by atoms with E-state index in [1.807, 2.05) is 12.3 Å². The first-order chi connectivity index (χ1) is 10.0. The van der Waals surface area contributed by atoms with E-state index in [0.29, 0.717) is 31.7 Å². The Hall–Kier alpha value is -1.43. The maximum Gasteiger partial charge on any atom is 0.307 e. The van der Waals surface area contributed by atoms with Gasteiger partial charge in [0.05, 0.1) is 22.5 Å². The molecule has 3 atom stereocenters. The fraction of sp³-hybridized carbons (Fsp3) is 0.667. The van der Waals surface area contributed by atoms with Gasteiger partial charge in [-0.15, -0.1) is 11.3 Å². The number of hydrogen-bond donors (Lipinski definition) is 2. The number of rotatable bonds is 6. The summed E-state index contributed by atoms with van der Waals surface area (Å²) in [5, 5.41) is 15.1. The molecule has 2 rings (SSSR count). The number of aliphatic carboxylic acids is 1. The molecule has 0 bridgehead atoms. The van der Waals surface area contributed by atoms with Crippen LogP contribution in [0.2, 0.25) is 0 Å². The number of carbonyl (C=O) groups is 2. The minimum atomic E-state index is -0.846. The molecule has 21 heavy (non-hydrogen) atoms. The maximum absolute atomic E-state index is 12.2. The molecule has 0 aliphatic heterocycles. The van der Waals surface area contributed by atoms with Crippen molar-refractivity contribution in [3.63, 3.8) is 0 Å². The van der Waals surface area contributed by atoms with Gasteiger partial charge in [-0.05, 0) is 25.7 Å². The Bertz CT molecular complexity index is 515.